The third-order valence-corrected chi connectivity index (χ3v) is 3.05. The number of nitrogen functional groups attached to an aromatic ring is 1. The molecule has 0 radical (unpaired) electrons. The average molecular weight is 252 g/mol. The van der Waals surface area contributed by atoms with Gasteiger partial charge in [0.15, 0.2) is 0 Å². The van der Waals surface area contributed by atoms with Gasteiger partial charge in [-0.3, -0.25) is 0 Å². The highest BCUT2D eigenvalue weighted by molar-refractivity contribution is 5.47. The maximum absolute atomic E-state index is 5.94. The Bertz CT molecular complexity index is 405. The Morgan fingerprint density at radius 3 is 2.72 bits per heavy atom. The topological polar surface area (TPSA) is 82.3 Å². The van der Waals surface area contributed by atoms with Gasteiger partial charge in [0.05, 0.1) is 18.8 Å². The molecule has 0 aliphatic carbocycles. The lowest BCUT2D eigenvalue weighted by Gasteiger charge is -2.24. The van der Waals surface area contributed by atoms with E-state index in [4.69, 9.17) is 15.3 Å². The monoisotopic (exact) mass is 252 g/mol. The Labute approximate surface area is 107 Å². The molecule has 2 heterocycles. The highest BCUT2D eigenvalue weighted by atomic mass is 16.5. The smallest absolute Gasteiger partial charge is 0.222 e. The van der Waals surface area contributed by atoms with Gasteiger partial charge in [0.25, 0.3) is 0 Å². The van der Waals surface area contributed by atoms with Crippen molar-refractivity contribution in [2.75, 3.05) is 18.6 Å². The number of ether oxygens (including phenoxy) is 2. The molecule has 1 aromatic heterocycles. The van der Waals surface area contributed by atoms with Crippen LogP contribution in [0.2, 0.25) is 0 Å². The summed E-state index contributed by atoms with van der Waals surface area (Å²) in [7, 11) is 0. The summed E-state index contributed by atoms with van der Waals surface area (Å²) >= 11 is 0. The number of hydrazine groups is 1. The molecule has 6 nitrogen and oxygen atoms in total. The normalized spacial score (nSPS) is 16.6. The number of nitrogens with one attached hydrogen (secondary N) is 1. The van der Waals surface area contributed by atoms with E-state index in [1.54, 1.807) is 0 Å². The third-order valence-electron chi connectivity index (χ3n) is 3.05. The predicted molar refractivity (Wildman–Crippen MR) is 68.4 cm³/mol. The third kappa shape index (κ3) is 2.88. The van der Waals surface area contributed by atoms with Crippen LogP contribution in [0.3, 0.4) is 0 Å². The average Bonchev–Trinajstić information content (AvgIpc) is 2.42. The van der Waals surface area contributed by atoms with E-state index >= 15 is 0 Å². The van der Waals surface area contributed by atoms with Crippen LogP contribution in [0.5, 0.6) is 5.88 Å². The van der Waals surface area contributed by atoms with Crippen LogP contribution in [0.25, 0.3) is 0 Å². The van der Waals surface area contributed by atoms with Crippen molar-refractivity contribution < 1.29 is 9.47 Å². The largest absolute Gasteiger partial charge is 0.474 e. The van der Waals surface area contributed by atoms with Gasteiger partial charge in [-0.2, -0.15) is 4.98 Å². The Balaban J connectivity index is 2.19. The zero-order chi connectivity index (χ0) is 13.0. The Hall–Kier alpha value is -1.40. The van der Waals surface area contributed by atoms with Gasteiger partial charge in [0, 0.05) is 19.3 Å². The predicted octanol–water partition coefficient (Wildman–Crippen LogP) is 1.19. The van der Waals surface area contributed by atoms with Gasteiger partial charge < -0.3 is 14.9 Å². The standard InChI is InChI=1S/C12H20N4O2/c1-3-10-14-11(16-13)8(2)12(15-10)18-9-4-6-17-7-5-9/h9H,3-7,13H2,1-2H3,(H,14,15,16). The van der Waals surface area contributed by atoms with Crippen molar-refractivity contribution in [1.82, 2.24) is 9.97 Å². The number of aryl methyl sites for hydroxylation is 1. The lowest BCUT2D eigenvalue weighted by molar-refractivity contribution is 0.0233. The van der Waals surface area contributed by atoms with Crippen LogP contribution in [0, 0.1) is 6.92 Å². The van der Waals surface area contributed by atoms with E-state index in [9.17, 15) is 0 Å². The molecule has 1 fully saturated rings. The van der Waals surface area contributed by atoms with E-state index in [0.29, 0.717) is 11.7 Å². The number of anilines is 1. The second-order valence-corrected chi connectivity index (χ2v) is 4.35. The quantitative estimate of drug-likeness (QED) is 0.618. The summed E-state index contributed by atoms with van der Waals surface area (Å²) in [4.78, 5) is 8.73. The van der Waals surface area contributed by atoms with Gasteiger partial charge >= 0.3 is 0 Å². The number of rotatable bonds is 4. The molecular formula is C12H20N4O2. The summed E-state index contributed by atoms with van der Waals surface area (Å²) in [5, 5.41) is 0. The van der Waals surface area contributed by atoms with Gasteiger partial charge in [-0.1, -0.05) is 6.92 Å². The molecule has 0 aromatic carbocycles. The second-order valence-electron chi connectivity index (χ2n) is 4.35. The molecule has 0 spiro atoms. The van der Waals surface area contributed by atoms with Crippen molar-refractivity contribution in [3.63, 3.8) is 0 Å². The summed E-state index contributed by atoms with van der Waals surface area (Å²) in [5.74, 6) is 7.45. The van der Waals surface area contributed by atoms with E-state index in [1.807, 2.05) is 13.8 Å². The lowest BCUT2D eigenvalue weighted by atomic mass is 10.1. The first-order valence-corrected chi connectivity index (χ1v) is 6.33. The number of nitrogens with two attached hydrogens (primary N) is 1. The number of nitrogens with zero attached hydrogens (tertiary/aromatic N) is 2. The molecule has 1 saturated heterocycles. The first kappa shape index (κ1) is 13.0. The fourth-order valence-electron chi connectivity index (χ4n) is 1.91. The molecule has 2 rings (SSSR count). The molecule has 100 valence electrons. The molecule has 0 bridgehead atoms. The summed E-state index contributed by atoms with van der Waals surface area (Å²) in [6.07, 6.45) is 2.72. The highest BCUT2D eigenvalue weighted by Crippen LogP contribution is 2.24. The molecule has 18 heavy (non-hydrogen) atoms. The van der Waals surface area contributed by atoms with E-state index < -0.39 is 0 Å². The molecule has 3 N–H and O–H groups in total. The van der Waals surface area contributed by atoms with Crippen molar-refractivity contribution in [3.05, 3.63) is 11.4 Å². The molecule has 1 aliphatic heterocycles. The lowest BCUT2D eigenvalue weighted by Crippen LogP contribution is -2.27. The van der Waals surface area contributed by atoms with E-state index in [1.165, 1.54) is 0 Å². The summed E-state index contributed by atoms with van der Waals surface area (Å²) in [6, 6.07) is 0. The number of hydrogen-bond donors (Lipinski definition) is 2. The van der Waals surface area contributed by atoms with Crippen molar-refractivity contribution in [3.8, 4) is 5.88 Å². The molecule has 1 aliphatic rings. The van der Waals surface area contributed by atoms with E-state index in [2.05, 4.69) is 15.4 Å². The summed E-state index contributed by atoms with van der Waals surface area (Å²) in [5.41, 5.74) is 3.44. The van der Waals surface area contributed by atoms with Crippen molar-refractivity contribution in [2.24, 2.45) is 5.84 Å². The zero-order valence-corrected chi connectivity index (χ0v) is 10.9. The van der Waals surface area contributed by atoms with Crippen LogP contribution in [0.1, 0.15) is 31.2 Å². The van der Waals surface area contributed by atoms with Crippen LogP contribution in [0.4, 0.5) is 5.82 Å². The highest BCUT2D eigenvalue weighted by Gasteiger charge is 2.19. The fraction of sp³-hybridized carbons (Fsp3) is 0.667. The van der Waals surface area contributed by atoms with E-state index in [-0.39, 0.29) is 6.10 Å². The maximum atomic E-state index is 5.94. The van der Waals surface area contributed by atoms with Crippen molar-refractivity contribution in [2.45, 2.75) is 39.2 Å². The SMILES string of the molecule is CCc1nc(NN)c(C)c(OC2CCOCC2)n1. The summed E-state index contributed by atoms with van der Waals surface area (Å²) < 4.78 is 11.3. The fourth-order valence-corrected chi connectivity index (χ4v) is 1.91. The van der Waals surface area contributed by atoms with Crippen LogP contribution in [-0.4, -0.2) is 29.3 Å². The molecule has 0 amide bonds. The van der Waals surface area contributed by atoms with E-state index in [0.717, 1.165) is 43.9 Å². The molecular weight excluding hydrogens is 232 g/mol. The Kier molecular flexibility index (Phi) is 4.33. The van der Waals surface area contributed by atoms with Gasteiger partial charge in [-0.05, 0) is 6.92 Å². The number of aromatic nitrogens is 2. The van der Waals surface area contributed by atoms with Crippen LogP contribution < -0.4 is 16.0 Å². The molecule has 0 unspecified atom stereocenters. The zero-order valence-electron chi connectivity index (χ0n) is 10.9. The molecule has 0 atom stereocenters. The van der Waals surface area contributed by atoms with Gasteiger partial charge in [0.1, 0.15) is 17.7 Å². The molecule has 1 aromatic rings. The summed E-state index contributed by atoms with van der Waals surface area (Å²) in [6.45, 7) is 5.40. The van der Waals surface area contributed by atoms with Crippen molar-refractivity contribution >= 4 is 5.82 Å². The first-order valence-electron chi connectivity index (χ1n) is 6.33. The van der Waals surface area contributed by atoms with Crippen molar-refractivity contribution in [1.29, 1.82) is 0 Å². The van der Waals surface area contributed by atoms with Gasteiger partial charge in [-0.25, -0.2) is 10.8 Å². The molecule has 6 heteroatoms. The van der Waals surface area contributed by atoms with Crippen LogP contribution in [0.15, 0.2) is 0 Å². The Morgan fingerprint density at radius 2 is 2.11 bits per heavy atom. The number of hydrogen-bond acceptors (Lipinski definition) is 6. The minimum Gasteiger partial charge on any atom is -0.474 e. The Morgan fingerprint density at radius 1 is 1.39 bits per heavy atom. The second kappa shape index (κ2) is 5.97. The van der Waals surface area contributed by atoms with Crippen LogP contribution >= 0.6 is 0 Å². The van der Waals surface area contributed by atoms with Gasteiger partial charge in [-0.15, -0.1) is 0 Å². The first-order chi connectivity index (χ1) is 8.74. The molecule has 0 saturated carbocycles. The minimum absolute atomic E-state index is 0.169. The maximum Gasteiger partial charge on any atom is 0.222 e. The van der Waals surface area contributed by atoms with Crippen LogP contribution in [-0.2, 0) is 11.2 Å². The van der Waals surface area contributed by atoms with Gasteiger partial charge in [0.2, 0.25) is 5.88 Å². The minimum atomic E-state index is 0.169.